The summed E-state index contributed by atoms with van der Waals surface area (Å²) in [6.45, 7) is 0.0997. The normalized spacial score (nSPS) is 16.2. The van der Waals surface area contributed by atoms with Gasteiger partial charge in [-0.3, -0.25) is 9.59 Å². The molecule has 0 spiro atoms. The predicted octanol–water partition coefficient (Wildman–Crippen LogP) is 4.18. The number of esters is 1. The van der Waals surface area contributed by atoms with Crippen molar-refractivity contribution in [1.82, 2.24) is 5.32 Å². The number of ether oxygens (including phenoxy) is 1. The van der Waals surface area contributed by atoms with E-state index in [1.807, 2.05) is 36.4 Å². The average molecular weight is 422 g/mol. The third kappa shape index (κ3) is 4.29. The number of amides is 1. The van der Waals surface area contributed by atoms with Gasteiger partial charge in [-0.05, 0) is 49.9 Å². The van der Waals surface area contributed by atoms with Crippen molar-refractivity contribution in [2.45, 2.75) is 47.4 Å². The first-order valence-electron chi connectivity index (χ1n) is 10.1. The molecule has 1 aliphatic carbocycles. The fourth-order valence-electron chi connectivity index (χ4n) is 3.99. The molecule has 4 rings (SSSR count). The van der Waals surface area contributed by atoms with Gasteiger partial charge in [-0.2, -0.15) is 5.26 Å². The van der Waals surface area contributed by atoms with Gasteiger partial charge in [0.05, 0.1) is 23.9 Å². The van der Waals surface area contributed by atoms with Gasteiger partial charge in [0.2, 0.25) is 0 Å². The molecule has 0 unspecified atom stereocenters. The Balaban J connectivity index is 1.34. The van der Waals surface area contributed by atoms with Crippen LogP contribution in [0.25, 0.3) is 0 Å². The molecule has 1 heterocycles. The second-order valence-electron chi connectivity index (χ2n) is 7.55. The lowest BCUT2D eigenvalue weighted by Gasteiger charge is -2.32. The Morgan fingerprint density at radius 1 is 1.07 bits per heavy atom. The molecule has 30 heavy (non-hydrogen) atoms. The maximum atomic E-state index is 12.3. The van der Waals surface area contributed by atoms with Crippen LogP contribution in [0.1, 0.15) is 32.1 Å². The Bertz CT molecular complexity index is 950. The highest BCUT2D eigenvalue weighted by Gasteiger charge is 2.35. The Kier molecular flexibility index (Phi) is 5.96. The van der Waals surface area contributed by atoms with E-state index < -0.39 is 17.4 Å². The molecule has 1 N–H and O–H groups in total. The van der Waals surface area contributed by atoms with Crippen LogP contribution in [0.5, 0.6) is 0 Å². The number of rotatable bonds is 6. The van der Waals surface area contributed by atoms with Crippen molar-refractivity contribution in [2.75, 3.05) is 18.1 Å². The zero-order valence-corrected chi connectivity index (χ0v) is 17.4. The van der Waals surface area contributed by atoms with Crippen molar-refractivity contribution >= 4 is 35.0 Å². The number of para-hydroxylation sites is 2. The van der Waals surface area contributed by atoms with E-state index in [1.54, 1.807) is 11.8 Å². The molecule has 1 aliphatic heterocycles. The van der Waals surface area contributed by atoms with E-state index in [0.29, 0.717) is 19.4 Å². The lowest BCUT2D eigenvalue weighted by molar-refractivity contribution is -0.148. The van der Waals surface area contributed by atoms with Crippen LogP contribution < -0.4 is 10.2 Å². The number of carbonyl (C=O) groups excluding carboxylic acids is 2. The third-order valence-corrected chi connectivity index (χ3v) is 6.62. The summed E-state index contributed by atoms with van der Waals surface area (Å²) in [5, 5.41) is 12.1. The monoisotopic (exact) mass is 421 g/mol. The molecular weight excluding hydrogens is 398 g/mol. The Hall–Kier alpha value is -2.98. The number of hydrogen-bond donors (Lipinski definition) is 1. The van der Waals surface area contributed by atoms with Gasteiger partial charge < -0.3 is 15.0 Å². The summed E-state index contributed by atoms with van der Waals surface area (Å²) in [5.74, 6) is -0.854. The van der Waals surface area contributed by atoms with Gasteiger partial charge in [-0.15, -0.1) is 0 Å². The van der Waals surface area contributed by atoms with Crippen molar-refractivity contribution in [3.05, 3.63) is 48.5 Å². The summed E-state index contributed by atoms with van der Waals surface area (Å²) in [6.07, 6.45) is 3.29. The molecule has 1 amide bonds. The fraction of sp³-hybridized carbons (Fsp3) is 0.348. The zero-order chi connectivity index (χ0) is 21.0. The van der Waals surface area contributed by atoms with Crippen LogP contribution in [0.4, 0.5) is 11.4 Å². The van der Waals surface area contributed by atoms with Gasteiger partial charge in [0.15, 0.2) is 6.61 Å². The molecular formula is C23H23N3O3S. The minimum Gasteiger partial charge on any atom is -0.456 e. The van der Waals surface area contributed by atoms with Crippen molar-refractivity contribution in [1.29, 1.82) is 5.26 Å². The zero-order valence-electron chi connectivity index (χ0n) is 16.6. The Morgan fingerprint density at radius 3 is 2.27 bits per heavy atom. The smallest absolute Gasteiger partial charge is 0.308 e. The van der Waals surface area contributed by atoms with Crippen LogP contribution in [0.2, 0.25) is 0 Å². The van der Waals surface area contributed by atoms with Crippen molar-refractivity contribution in [3.8, 4) is 6.07 Å². The van der Waals surface area contributed by atoms with Gasteiger partial charge in [0, 0.05) is 16.3 Å². The van der Waals surface area contributed by atoms with Crippen LogP contribution >= 0.6 is 11.8 Å². The molecule has 1 fully saturated rings. The number of nitrogens with zero attached hydrogens (tertiary/aromatic N) is 2. The van der Waals surface area contributed by atoms with Crippen LogP contribution in [0.15, 0.2) is 58.3 Å². The maximum absolute atomic E-state index is 12.3. The van der Waals surface area contributed by atoms with E-state index in [0.717, 1.165) is 34.0 Å². The van der Waals surface area contributed by atoms with Crippen LogP contribution in [-0.2, 0) is 14.3 Å². The molecule has 6 nitrogen and oxygen atoms in total. The summed E-state index contributed by atoms with van der Waals surface area (Å²) in [6, 6.07) is 18.4. The van der Waals surface area contributed by atoms with E-state index in [4.69, 9.17) is 4.74 Å². The number of anilines is 2. The summed E-state index contributed by atoms with van der Waals surface area (Å²) in [7, 11) is 0. The SMILES string of the molecule is N#CC1(NC(=O)COC(=O)CCN2c3ccccc3Sc3ccccc32)CCCC1. The van der Waals surface area contributed by atoms with Gasteiger partial charge in [-0.1, -0.05) is 36.0 Å². The second kappa shape index (κ2) is 8.80. The largest absolute Gasteiger partial charge is 0.456 e. The van der Waals surface area contributed by atoms with Crippen LogP contribution in [-0.4, -0.2) is 30.6 Å². The van der Waals surface area contributed by atoms with Gasteiger partial charge in [0.1, 0.15) is 5.54 Å². The molecule has 7 heteroatoms. The quantitative estimate of drug-likeness (QED) is 0.705. The minimum absolute atomic E-state index is 0.157. The summed E-state index contributed by atoms with van der Waals surface area (Å²) in [4.78, 5) is 28.8. The first-order chi connectivity index (χ1) is 14.6. The number of nitriles is 1. The van der Waals surface area contributed by atoms with E-state index in [2.05, 4.69) is 28.4 Å². The molecule has 1 saturated carbocycles. The number of benzene rings is 2. The topological polar surface area (TPSA) is 82.4 Å². The minimum atomic E-state index is -0.803. The van der Waals surface area contributed by atoms with Crippen LogP contribution in [0.3, 0.4) is 0 Å². The molecule has 2 aromatic rings. The van der Waals surface area contributed by atoms with Gasteiger partial charge >= 0.3 is 5.97 Å². The number of carbonyl (C=O) groups is 2. The van der Waals surface area contributed by atoms with Gasteiger partial charge in [-0.25, -0.2) is 0 Å². The number of nitrogens with one attached hydrogen (secondary N) is 1. The third-order valence-electron chi connectivity index (χ3n) is 5.49. The van der Waals surface area contributed by atoms with Crippen molar-refractivity contribution in [3.63, 3.8) is 0 Å². The van der Waals surface area contributed by atoms with Crippen molar-refractivity contribution in [2.24, 2.45) is 0 Å². The summed E-state index contributed by atoms with van der Waals surface area (Å²) >= 11 is 1.71. The molecule has 0 atom stereocenters. The highest BCUT2D eigenvalue weighted by atomic mass is 32.2. The average Bonchev–Trinajstić information content (AvgIpc) is 3.24. The summed E-state index contributed by atoms with van der Waals surface area (Å²) < 4.78 is 5.18. The molecule has 0 saturated heterocycles. The molecule has 2 aromatic carbocycles. The Morgan fingerprint density at radius 2 is 1.67 bits per heavy atom. The first kappa shape index (κ1) is 20.3. The van der Waals surface area contributed by atoms with E-state index in [1.165, 1.54) is 0 Å². The summed E-state index contributed by atoms with van der Waals surface area (Å²) in [5.41, 5.74) is 1.32. The van der Waals surface area contributed by atoms with E-state index in [9.17, 15) is 14.9 Å². The second-order valence-corrected chi connectivity index (χ2v) is 8.63. The molecule has 0 bridgehead atoms. The van der Waals surface area contributed by atoms with Gasteiger partial charge in [0.25, 0.3) is 5.91 Å². The van der Waals surface area contributed by atoms with Crippen molar-refractivity contribution < 1.29 is 14.3 Å². The highest BCUT2D eigenvalue weighted by Crippen LogP contribution is 2.47. The van der Waals surface area contributed by atoms with E-state index in [-0.39, 0.29) is 13.0 Å². The number of fused-ring (bicyclic) bond motifs is 2. The lowest BCUT2D eigenvalue weighted by Crippen LogP contribution is -2.46. The molecule has 0 aromatic heterocycles. The number of hydrogen-bond acceptors (Lipinski definition) is 6. The molecule has 2 aliphatic rings. The molecule has 0 radical (unpaired) electrons. The maximum Gasteiger partial charge on any atom is 0.308 e. The fourth-order valence-corrected chi connectivity index (χ4v) is 5.09. The first-order valence-corrected chi connectivity index (χ1v) is 10.9. The van der Waals surface area contributed by atoms with Crippen LogP contribution in [0, 0.1) is 11.3 Å². The predicted molar refractivity (Wildman–Crippen MR) is 115 cm³/mol. The Labute approximate surface area is 180 Å². The molecule has 154 valence electrons. The lowest BCUT2D eigenvalue weighted by atomic mass is 10.00. The standard InChI is InChI=1S/C23H23N3O3S/c24-16-23(12-5-6-13-23)25-21(27)15-29-22(28)11-14-26-17-7-1-3-9-19(17)30-20-10-4-2-8-18(20)26/h1-4,7-10H,5-6,11-15H2,(H,25,27). The van der Waals surface area contributed by atoms with E-state index >= 15 is 0 Å². The highest BCUT2D eigenvalue weighted by molar-refractivity contribution is 7.99.